The average Bonchev–Trinajstić information content (AvgIpc) is 2.97. The number of amides is 1. The minimum atomic E-state index is -0.0360. The normalized spacial score (nSPS) is 12.3. The topological polar surface area (TPSA) is 57.8 Å². The first-order valence-corrected chi connectivity index (χ1v) is 6.90. The molecule has 0 unspecified atom stereocenters. The summed E-state index contributed by atoms with van der Waals surface area (Å²) in [6.07, 6.45) is 3.04. The Hall–Kier alpha value is -1.62. The van der Waals surface area contributed by atoms with E-state index < -0.39 is 0 Å². The molecule has 2 heterocycles. The smallest absolute Gasteiger partial charge is 0.225 e. The summed E-state index contributed by atoms with van der Waals surface area (Å²) in [5.74, 6) is 0.868. The molecule has 1 amide bonds. The van der Waals surface area contributed by atoms with Gasteiger partial charge in [0.05, 0.1) is 12.5 Å². The van der Waals surface area contributed by atoms with Crippen LogP contribution in [0.25, 0.3) is 0 Å². The molecule has 0 saturated carbocycles. The number of nitrogens with zero attached hydrogens (tertiary/aromatic N) is 1. The zero-order chi connectivity index (χ0) is 13.0. The van der Waals surface area contributed by atoms with Crippen LogP contribution in [-0.2, 0) is 11.2 Å². The van der Waals surface area contributed by atoms with Gasteiger partial charge in [0.15, 0.2) is 0 Å². The summed E-state index contributed by atoms with van der Waals surface area (Å²) in [6.45, 7) is 3.99. The SMILES string of the molecule is CC[C@H](NC(=O)Cc1cccs1)c1ncc(C)[nH]1. The standard InChI is InChI=1S/C13H17N3OS/c1-3-11(13-14-8-9(2)15-13)16-12(17)7-10-5-4-6-18-10/h4-6,8,11H,3,7H2,1-2H3,(H,14,15)(H,16,17)/t11-/m0/s1. The Labute approximate surface area is 110 Å². The van der Waals surface area contributed by atoms with Crippen LogP contribution in [0.5, 0.6) is 0 Å². The molecule has 0 saturated heterocycles. The Morgan fingerprint density at radius 3 is 3.00 bits per heavy atom. The van der Waals surface area contributed by atoms with E-state index in [1.807, 2.05) is 31.4 Å². The predicted molar refractivity (Wildman–Crippen MR) is 72.5 cm³/mol. The lowest BCUT2D eigenvalue weighted by atomic mass is 10.2. The van der Waals surface area contributed by atoms with E-state index >= 15 is 0 Å². The second kappa shape index (κ2) is 5.82. The van der Waals surface area contributed by atoms with Crippen molar-refractivity contribution in [2.75, 3.05) is 0 Å². The zero-order valence-corrected chi connectivity index (χ0v) is 11.4. The van der Waals surface area contributed by atoms with E-state index in [-0.39, 0.29) is 11.9 Å². The molecule has 0 aliphatic rings. The highest BCUT2D eigenvalue weighted by atomic mass is 32.1. The second-order valence-corrected chi connectivity index (χ2v) is 5.27. The molecule has 2 aromatic rings. The minimum absolute atomic E-state index is 0.0360. The first-order chi connectivity index (χ1) is 8.69. The predicted octanol–water partition coefficient (Wildman–Crippen LogP) is 2.59. The largest absolute Gasteiger partial charge is 0.346 e. The van der Waals surface area contributed by atoms with Crippen molar-refractivity contribution < 1.29 is 4.79 Å². The van der Waals surface area contributed by atoms with Gasteiger partial charge in [-0.2, -0.15) is 0 Å². The first kappa shape index (κ1) is 12.8. The summed E-state index contributed by atoms with van der Waals surface area (Å²) in [6, 6.07) is 3.90. The summed E-state index contributed by atoms with van der Waals surface area (Å²) in [5, 5.41) is 4.99. The number of carbonyl (C=O) groups is 1. The molecule has 18 heavy (non-hydrogen) atoms. The van der Waals surface area contributed by atoms with E-state index in [0.29, 0.717) is 6.42 Å². The fourth-order valence-corrected chi connectivity index (χ4v) is 2.49. The van der Waals surface area contributed by atoms with Crippen molar-refractivity contribution in [3.8, 4) is 0 Å². The molecular weight excluding hydrogens is 246 g/mol. The van der Waals surface area contributed by atoms with Gasteiger partial charge in [-0.3, -0.25) is 4.79 Å². The van der Waals surface area contributed by atoms with Crippen LogP contribution in [0.1, 0.15) is 35.8 Å². The number of thiophene rings is 1. The van der Waals surface area contributed by atoms with Crippen LogP contribution in [0.2, 0.25) is 0 Å². The molecule has 0 radical (unpaired) electrons. The Balaban J connectivity index is 1.96. The van der Waals surface area contributed by atoms with Gasteiger partial charge >= 0.3 is 0 Å². The summed E-state index contributed by atoms with van der Waals surface area (Å²) < 4.78 is 0. The summed E-state index contributed by atoms with van der Waals surface area (Å²) in [5.41, 5.74) is 1.01. The quantitative estimate of drug-likeness (QED) is 0.871. The molecule has 0 fully saturated rings. The highest BCUT2D eigenvalue weighted by Gasteiger charge is 2.15. The molecule has 0 aliphatic heterocycles. The molecule has 0 bridgehead atoms. The number of hydrogen-bond donors (Lipinski definition) is 2. The number of carbonyl (C=O) groups excluding carboxylic acids is 1. The van der Waals surface area contributed by atoms with E-state index in [9.17, 15) is 4.79 Å². The second-order valence-electron chi connectivity index (χ2n) is 4.24. The monoisotopic (exact) mass is 263 g/mol. The molecule has 4 nitrogen and oxygen atoms in total. The van der Waals surface area contributed by atoms with Gasteiger partial charge in [0.1, 0.15) is 5.82 Å². The van der Waals surface area contributed by atoms with Crippen LogP contribution in [0, 0.1) is 6.92 Å². The number of H-pyrrole nitrogens is 1. The highest BCUT2D eigenvalue weighted by Crippen LogP contribution is 2.14. The molecule has 96 valence electrons. The van der Waals surface area contributed by atoms with E-state index in [1.165, 1.54) is 0 Å². The van der Waals surface area contributed by atoms with Gasteiger partial charge in [0.25, 0.3) is 0 Å². The number of imidazole rings is 1. The van der Waals surface area contributed by atoms with Crippen molar-refractivity contribution in [2.45, 2.75) is 32.7 Å². The first-order valence-electron chi connectivity index (χ1n) is 6.02. The van der Waals surface area contributed by atoms with Crippen molar-refractivity contribution in [3.05, 3.63) is 40.1 Å². The number of aromatic nitrogens is 2. The molecule has 2 aromatic heterocycles. The van der Waals surface area contributed by atoms with Gasteiger partial charge < -0.3 is 10.3 Å². The fraction of sp³-hybridized carbons (Fsp3) is 0.385. The molecule has 2 N–H and O–H groups in total. The van der Waals surface area contributed by atoms with Crippen LogP contribution < -0.4 is 5.32 Å². The Morgan fingerprint density at radius 2 is 2.44 bits per heavy atom. The molecule has 0 aliphatic carbocycles. The lowest BCUT2D eigenvalue weighted by Crippen LogP contribution is -2.30. The molecule has 0 spiro atoms. The Kier molecular flexibility index (Phi) is 4.15. The third kappa shape index (κ3) is 3.20. The lowest BCUT2D eigenvalue weighted by Gasteiger charge is -2.14. The number of aryl methyl sites for hydroxylation is 1. The van der Waals surface area contributed by atoms with Crippen LogP contribution in [0.4, 0.5) is 0 Å². The third-order valence-electron chi connectivity index (χ3n) is 2.71. The van der Waals surface area contributed by atoms with Crippen molar-refractivity contribution in [1.82, 2.24) is 15.3 Å². The summed E-state index contributed by atoms with van der Waals surface area (Å²) in [7, 11) is 0. The van der Waals surface area contributed by atoms with Crippen molar-refractivity contribution in [1.29, 1.82) is 0 Å². The van der Waals surface area contributed by atoms with E-state index in [2.05, 4.69) is 15.3 Å². The van der Waals surface area contributed by atoms with Crippen LogP contribution >= 0.6 is 11.3 Å². The molecule has 5 heteroatoms. The number of aromatic amines is 1. The van der Waals surface area contributed by atoms with Crippen molar-refractivity contribution in [2.24, 2.45) is 0 Å². The maximum Gasteiger partial charge on any atom is 0.225 e. The number of hydrogen-bond acceptors (Lipinski definition) is 3. The van der Waals surface area contributed by atoms with Gasteiger partial charge in [-0.1, -0.05) is 13.0 Å². The number of nitrogens with one attached hydrogen (secondary N) is 2. The Morgan fingerprint density at radius 1 is 1.61 bits per heavy atom. The molecular formula is C13H17N3OS. The van der Waals surface area contributed by atoms with Gasteiger partial charge in [0.2, 0.25) is 5.91 Å². The minimum Gasteiger partial charge on any atom is -0.346 e. The van der Waals surface area contributed by atoms with Gasteiger partial charge in [-0.05, 0) is 24.8 Å². The lowest BCUT2D eigenvalue weighted by molar-refractivity contribution is -0.121. The van der Waals surface area contributed by atoms with E-state index in [0.717, 1.165) is 22.8 Å². The maximum absolute atomic E-state index is 11.9. The molecule has 2 rings (SSSR count). The van der Waals surface area contributed by atoms with Gasteiger partial charge in [-0.15, -0.1) is 11.3 Å². The zero-order valence-electron chi connectivity index (χ0n) is 10.6. The van der Waals surface area contributed by atoms with Crippen LogP contribution in [-0.4, -0.2) is 15.9 Å². The summed E-state index contributed by atoms with van der Waals surface area (Å²) in [4.78, 5) is 20.4. The van der Waals surface area contributed by atoms with Crippen LogP contribution in [0.15, 0.2) is 23.7 Å². The molecule has 1 atom stereocenters. The van der Waals surface area contributed by atoms with E-state index in [4.69, 9.17) is 0 Å². The van der Waals surface area contributed by atoms with Crippen LogP contribution in [0.3, 0.4) is 0 Å². The van der Waals surface area contributed by atoms with Gasteiger partial charge in [-0.25, -0.2) is 4.98 Å². The summed E-state index contributed by atoms with van der Waals surface area (Å²) >= 11 is 1.60. The Bertz CT molecular complexity index is 504. The van der Waals surface area contributed by atoms with Gasteiger partial charge in [0, 0.05) is 16.8 Å². The number of rotatable bonds is 5. The molecule has 0 aromatic carbocycles. The average molecular weight is 263 g/mol. The van der Waals surface area contributed by atoms with Crippen molar-refractivity contribution in [3.63, 3.8) is 0 Å². The third-order valence-corrected chi connectivity index (χ3v) is 3.59. The van der Waals surface area contributed by atoms with E-state index in [1.54, 1.807) is 17.5 Å². The fourth-order valence-electron chi connectivity index (χ4n) is 1.79. The van der Waals surface area contributed by atoms with Crippen molar-refractivity contribution >= 4 is 17.2 Å². The maximum atomic E-state index is 11.9. The highest BCUT2D eigenvalue weighted by molar-refractivity contribution is 7.10.